The van der Waals surface area contributed by atoms with Crippen molar-refractivity contribution in [2.24, 2.45) is 11.7 Å². The van der Waals surface area contributed by atoms with E-state index in [1.807, 2.05) is 4.90 Å². The Balaban J connectivity index is 2.33. The highest BCUT2D eigenvalue weighted by Gasteiger charge is 2.25. The molecule has 1 atom stereocenters. The van der Waals surface area contributed by atoms with Crippen molar-refractivity contribution in [2.75, 3.05) is 32.7 Å². The average molecular weight is 241 g/mol. The third kappa shape index (κ3) is 4.28. The second-order valence-electron chi connectivity index (χ2n) is 5.04. The summed E-state index contributed by atoms with van der Waals surface area (Å²) in [4.78, 5) is 16.1. The van der Waals surface area contributed by atoms with Crippen LogP contribution in [0.4, 0.5) is 0 Å². The predicted octanol–water partition coefficient (Wildman–Crippen LogP) is 0.914. The van der Waals surface area contributed by atoms with Crippen molar-refractivity contribution in [1.82, 2.24) is 9.80 Å². The van der Waals surface area contributed by atoms with Crippen LogP contribution >= 0.6 is 0 Å². The van der Waals surface area contributed by atoms with Crippen LogP contribution in [0, 0.1) is 5.92 Å². The van der Waals surface area contributed by atoms with E-state index in [2.05, 4.69) is 18.7 Å². The Kier molecular flexibility index (Phi) is 5.92. The Morgan fingerprint density at radius 1 is 1.35 bits per heavy atom. The topological polar surface area (TPSA) is 49.6 Å². The fraction of sp³-hybridized carbons (Fsp3) is 0.923. The molecule has 17 heavy (non-hydrogen) atoms. The van der Waals surface area contributed by atoms with Gasteiger partial charge >= 0.3 is 0 Å². The lowest BCUT2D eigenvalue weighted by Crippen LogP contribution is -2.47. The first-order valence-electron chi connectivity index (χ1n) is 6.85. The van der Waals surface area contributed by atoms with Crippen LogP contribution in [-0.2, 0) is 4.79 Å². The van der Waals surface area contributed by atoms with Gasteiger partial charge in [-0.25, -0.2) is 0 Å². The molecule has 4 heteroatoms. The zero-order valence-electron chi connectivity index (χ0n) is 11.5. The van der Waals surface area contributed by atoms with Crippen molar-refractivity contribution in [3.63, 3.8) is 0 Å². The Bertz CT molecular complexity index is 231. The minimum Gasteiger partial charge on any atom is -0.341 e. The molecule has 0 aromatic heterocycles. The number of piperidine rings is 1. The van der Waals surface area contributed by atoms with E-state index in [-0.39, 0.29) is 11.9 Å². The highest BCUT2D eigenvalue weighted by atomic mass is 16.2. The lowest BCUT2D eigenvalue weighted by Gasteiger charge is -2.35. The maximum Gasteiger partial charge on any atom is 0.239 e. The number of carbonyl (C=O) groups excluding carboxylic acids is 1. The molecule has 1 rings (SSSR count). The first kappa shape index (κ1) is 14.5. The molecule has 4 nitrogen and oxygen atoms in total. The number of likely N-dealkylation sites (tertiary alicyclic amines) is 1. The summed E-state index contributed by atoms with van der Waals surface area (Å²) in [6.07, 6.45) is 2.24. The summed E-state index contributed by atoms with van der Waals surface area (Å²) in [5, 5.41) is 0. The molecule has 0 aromatic carbocycles. The summed E-state index contributed by atoms with van der Waals surface area (Å²) in [5.74, 6) is 0.846. The van der Waals surface area contributed by atoms with E-state index in [1.54, 1.807) is 6.92 Å². The molecular weight excluding hydrogens is 214 g/mol. The van der Waals surface area contributed by atoms with E-state index in [0.29, 0.717) is 0 Å². The average Bonchev–Trinajstić information content (AvgIpc) is 2.35. The van der Waals surface area contributed by atoms with Crippen molar-refractivity contribution >= 4 is 5.91 Å². The van der Waals surface area contributed by atoms with Gasteiger partial charge in [0.2, 0.25) is 5.91 Å². The summed E-state index contributed by atoms with van der Waals surface area (Å²) in [7, 11) is 0. The molecule has 0 aliphatic carbocycles. The van der Waals surface area contributed by atoms with Gasteiger partial charge < -0.3 is 15.5 Å². The molecule has 100 valence electrons. The molecule has 0 radical (unpaired) electrons. The van der Waals surface area contributed by atoms with Crippen LogP contribution in [-0.4, -0.2) is 54.5 Å². The van der Waals surface area contributed by atoms with Crippen molar-refractivity contribution in [3.05, 3.63) is 0 Å². The van der Waals surface area contributed by atoms with Gasteiger partial charge in [-0.3, -0.25) is 4.79 Å². The number of rotatable bonds is 5. The van der Waals surface area contributed by atoms with Crippen molar-refractivity contribution in [1.29, 1.82) is 0 Å². The van der Waals surface area contributed by atoms with Crippen LogP contribution in [0.15, 0.2) is 0 Å². The van der Waals surface area contributed by atoms with Gasteiger partial charge in [-0.1, -0.05) is 13.8 Å². The van der Waals surface area contributed by atoms with Gasteiger partial charge in [0.15, 0.2) is 0 Å². The number of amides is 1. The van der Waals surface area contributed by atoms with Crippen LogP contribution in [0.5, 0.6) is 0 Å². The van der Waals surface area contributed by atoms with Crippen molar-refractivity contribution in [3.8, 4) is 0 Å². The molecule has 0 spiro atoms. The highest BCUT2D eigenvalue weighted by Crippen LogP contribution is 2.18. The van der Waals surface area contributed by atoms with Crippen LogP contribution in [0.25, 0.3) is 0 Å². The van der Waals surface area contributed by atoms with Gasteiger partial charge in [0.25, 0.3) is 0 Å². The minimum atomic E-state index is -0.352. The van der Waals surface area contributed by atoms with Gasteiger partial charge in [0.1, 0.15) is 0 Å². The third-order valence-corrected chi connectivity index (χ3v) is 3.73. The monoisotopic (exact) mass is 241 g/mol. The minimum absolute atomic E-state index is 0.103. The summed E-state index contributed by atoms with van der Waals surface area (Å²) in [6, 6.07) is -0.352. The van der Waals surface area contributed by atoms with Gasteiger partial charge in [-0.05, 0) is 38.8 Å². The Morgan fingerprint density at radius 2 is 1.88 bits per heavy atom. The first-order valence-corrected chi connectivity index (χ1v) is 6.85. The lowest BCUT2D eigenvalue weighted by molar-refractivity contribution is -0.133. The second-order valence-corrected chi connectivity index (χ2v) is 5.04. The largest absolute Gasteiger partial charge is 0.341 e. The van der Waals surface area contributed by atoms with Gasteiger partial charge in [0.05, 0.1) is 6.04 Å². The summed E-state index contributed by atoms with van der Waals surface area (Å²) in [5.41, 5.74) is 5.63. The molecule has 0 aromatic rings. The van der Waals surface area contributed by atoms with Gasteiger partial charge in [-0.2, -0.15) is 0 Å². The van der Waals surface area contributed by atoms with E-state index in [9.17, 15) is 4.79 Å². The fourth-order valence-electron chi connectivity index (χ4n) is 2.47. The molecule has 1 amide bonds. The van der Waals surface area contributed by atoms with E-state index in [4.69, 9.17) is 5.73 Å². The van der Waals surface area contributed by atoms with E-state index >= 15 is 0 Å². The van der Waals surface area contributed by atoms with Crippen molar-refractivity contribution in [2.45, 2.75) is 39.7 Å². The molecule has 1 unspecified atom stereocenters. The van der Waals surface area contributed by atoms with Crippen molar-refractivity contribution < 1.29 is 4.79 Å². The Morgan fingerprint density at radius 3 is 2.29 bits per heavy atom. The quantitative estimate of drug-likeness (QED) is 0.778. The summed E-state index contributed by atoms with van der Waals surface area (Å²) < 4.78 is 0. The van der Waals surface area contributed by atoms with E-state index < -0.39 is 0 Å². The molecular formula is C13H27N3O. The molecule has 1 aliphatic rings. The SMILES string of the molecule is CCN(CC)CC1CCN(C(=O)C(C)N)CC1. The Hall–Kier alpha value is -0.610. The Labute approximate surface area is 105 Å². The predicted molar refractivity (Wildman–Crippen MR) is 70.7 cm³/mol. The number of hydrogen-bond donors (Lipinski definition) is 1. The maximum absolute atomic E-state index is 11.7. The number of nitrogens with two attached hydrogens (primary N) is 1. The molecule has 2 N–H and O–H groups in total. The highest BCUT2D eigenvalue weighted by molar-refractivity contribution is 5.81. The molecule has 1 heterocycles. The normalized spacial score (nSPS) is 19.7. The van der Waals surface area contributed by atoms with Crippen LogP contribution in [0.2, 0.25) is 0 Å². The zero-order chi connectivity index (χ0) is 12.8. The number of carbonyl (C=O) groups is 1. The third-order valence-electron chi connectivity index (χ3n) is 3.73. The standard InChI is InChI=1S/C13H27N3O/c1-4-15(5-2)10-12-6-8-16(9-7-12)13(17)11(3)14/h11-12H,4-10,14H2,1-3H3. The molecule has 1 saturated heterocycles. The zero-order valence-corrected chi connectivity index (χ0v) is 11.5. The van der Waals surface area contributed by atoms with Crippen LogP contribution in [0.3, 0.4) is 0 Å². The second kappa shape index (κ2) is 6.97. The fourth-order valence-corrected chi connectivity index (χ4v) is 2.47. The van der Waals surface area contributed by atoms with Gasteiger partial charge in [-0.15, -0.1) is 0 Å². The van der Waals surface area contributed by atoms with E-state index in [0.717, 1.165) is 44.9 Å². The number of nitrogens with zero attached hydrogens (tertiary/aromatic N) is 2. The summed E-state index contributed by atoms with van der Waals surface area (Å²) >= 11 is 0. The molecule has 1 aliphatic heterocycles. The molecule has 1 fully saturated rings. The smallest absolute Gasteiger partial charge is 0.239 e. The maximum atomic E-state index is 11.7. The summed E-state index contributed by atoms with van der Waals surface area (Å²) in [6.45, 7) is 11.4. The van der Waals surface area contributed by atoms with Crippen LogP contribution in [0.1, 0.15) is 33.6 Å². The van der Waals surface area contributed by atoms with Crippen LogP contribution < -0.4 is 5.73 Å². The van der Waals surface area contributed by atoms with E-state index in [1.165, 1.54) is 6.54 Å². The molecule has 0 saturated carbocycles. The first-order chi connectivity index (χ1) is 8.08. The lowest BCUT2D eigenvalue weighted by atomic mass is 9.95. The van der Waals surface area contributed by atoms with Gasteiger partial charge in [0, 0.05) is 19.6 Å². The number of hydrogen-bond acceptors (Lipinski definition) is 3. The molecule has 0 bridgehead atoms.